The van der Waals surface area contributed by atoms with Crippen molar-refractivity contribution in [3.63, 3.8) is 0 Å². The van der Waals surface area contributed by atoms with E-state index in [1.54, 1.807) is 30.2 Å². The summed E-state index contributed by atoms with van der Waals surface area (Å²) in [5.74, 6) is 3.00. The summed E-state index contributed by atoms with van der Waals surface area (Å²) in [6, 6.07) is 9.74. The molecule has 132 valence electrons. The Morgan fingerprint density at radius 2 is 2.00 bits per heavy atom. The summed E-state index contributed by atoms with van der Waals surface area (Å²) in [6.45, 7) is 5.61. The van der Waals surface area contributed by atoms with Gasteiger partial charge in [-0.1, -0.05) is 25.6 Å². The van der Waals surface area contributed by atoms with Gasteiger partial charge >= 0.3 is 0 Å². The Bertz CT molecular complexity index is 785. The maximum Gasteiger partial charge on any atom is 0.200 e. The van der Waals surface area contributed by atoms with Crippen LogP contribution in [0.25, 0.3) is 11.6 Å². The van der Waals surface area contributed by atoms with Crippen LogP contribution in [0.2, 0.25) is 0 Å². The topological polar surface area (TPSA) is 53.1 Å². The van der Waals surface area contributed by atoms with Crippen LogP contribution in [0.4, 0.5) is 4.39 Å². The quantitative estimate of drug-likeness (QED) is 0.437. The number of halogens is 1. The molecule has 0 amide bonds. The van der Waals surface area contributed by atoms with E-state index in [1.807, 2.05) is 12.1 Å². The van der Waals surface area contributed by atoms with Crippen LogP contribution < -0.4 is 4.74 Å². The van der Waals surface area contributed by atoms with Crippen LogP contribution in [0.5, 0.6) is 5.75 Å². The molecular weight excluding hydrogens is 341 g/mol. The van der Waals surface area contributed by atoms with Crippen LogP contribution in [0.1, 0.15) is 13.8 Å². The zero-order valence-electron chi connectivity index (χ0n) is 14.2. The molecule has 0 aliphatic heterocycles. The maximum atomic E-state index is 12.9. The van der Waals surface area contributed by atoms with Gasteiger partial charge in [0, 0.05) is 12.3 Å². The van der Waals surface area contributed by atoms with E-state index in [1.165, 1.54) is 12.1 Å². The van der Waals surface area contributed by atoms with Crippen LogP contribution in [0, 0.1) is 11.7 Å². The minimum Gasteiger partial charge on any atom is -0.493 e. The van der Waals surface area contributed by atoms with E-state index in [0.717, 1.165) is 17.5 Å². The molecule has 0 saturated carbocycles. The predicted octanol–water partition coefficient (Wildman–Crippen LogP) is 4.50. The van der Waals surface area contributed by atoms with Crippen LogP contribution in [-0.2, 0) is 6.54 Å². The van der Waals surface area contributed by atoms with Gasteiger partial charge < -0.3 is 9.15 Å². The standard InChI is InChI=1S/C18H20FN3O2S/c1-13(2)12-22-17(16-4-3-9-24-16)20-21-18(22)25-11-10-23-15-7-5-14(19)6-8-15/h3-9,13H,10-12H2,1-2H3. The second-order valence-electron chi connectivity index (χ2n) is 5.94. The second kappa shape index (κ2) is 8.20. The van der Waals surface area contributed by atoms with Crippen molar-refractivity contribution in [2.45, 2.75) is 25.5 Å². The van der Waals surface area contributed by atoms with Gasteiger partial charge in [-0.2, -0.15) is 0 Å². The average molecular weight is 361 g/mol. The van der Waals surface area contributed by atoms with Gasteiger partial charge in [-0.05, 0) is 42.3 Å². The van der Waals surface area contributed by atoms with Crippen LogP contribution in [0.3, 0.4) is 0 Å². The highest BCUT2D eigenvalue weighted by molar-refractivity contribution is 7.99. The fraction of sp³-hybridized carbons (Fsp3) is 0.333. The molecule has 0 N–H and O–H groups in total. The molecule has 0 aliphatic rings. The normalized spacial score (nSPS) is 11.2. The Balaban J connectivity index is 1.62. The molecule has 0 unspecified atom stereocenters. The van der Waals surface area contributed by atoms with Gasteiger partial charge in [0.1, 0.15) is 11.6 Å². The zero-order valence-corrected chi connectivity index (χ0v) is 15.0. The molecule has 2 heterocycles. The molecule has 0 bridgehead atoms. The van der Waals surface area contributed by atoms with Crippen molar-refractivity contribution in [3.8, 4) is 17.3 Å². The van der Waals surface area contributed by atoms with Crippen molar-refractivity contribution in [3.05, 3.63) is 48.5 Å². The fourth-order valence-electron chi connectivity index (χ4n) is 2.34. The summed E-state index contributed by atoms with van der Waals surface area (Å²) in [7, 11) is 0. The van der Waals surface area contributed by atoms with E-state index in [2.05, 4.69) is 28.6 Å². The molecule has 3 aromatic rings. The van der Waals surface area contributed by atoms with E-state index >= 15 is 0 Å². The van der Waals surface area contributed by atoms with Gasteiger partial charge in [-0.15, -0.1) is 10.2 Å². The third-order valence-corrected chi connectivity index (χ3v) is 4.33. The Kier molecular flexibility index (Phi) is 5.75. The smallest absolute Gasteiger partial charge is 0.200 e. The Morgan fingerprint density at radius 3 is 2.68 bits per heavy atom. The average Bonchev–Trinajstić information content (AvgIpc) is 3.23. The molecule has 0 spiro atoms. The molecule has 5 nitrogen and oxygen atoms in total. The third-order valence-electron chi connectivity index (χ3n) is 3.40. The minimum absolute atomic E-state index is 0.269. The SMILES string of the molecule is CC(C)Cn1c(SCCOc2ccc(F)cc2)nnc1-c1ccco1. The molecular formula is C18H20FN3O2S. The summed E-state index contributed by atoms with van der Waals surface area (Å²) in [4.78, 5) is 0. The lowest BCUT2D eigenvalue weighted by Crippen LogP contribution is -2.08. The number of furan rings is 1. The number of ether oxygens (including phenoxy) is 1. The maximum absolute atomic E-state index is 12.9. The molecule has 0 atom stereocenters. The molecule has 0 saturated heterocycles. The van der Waals surface area contributed by atoms with E-state index in [9.17, 15) is 4.39 Å². The van der Waals surface area contributed by atoms with Crippen molar-refractivity contribution in [1.29, 1.82) is 0 Å². The van der Waals surface area contributed by atoms with Crippen molar-refractivity contribution >= 4 is 11.8 Å². The lowest BCUT2D eigenvalue weighted by molar-refractivity contribution is 0.343. The van der Waals surface area contributed by atoms with Gasteiger partial charge in [0.2, 0.25) is 0 Å². The predicted molar refractivity (Wildman–Crippen MR) is 95.2 cm³/mol. The number of aromatic nitrogens is 3. The van der Waals surface area contributed by atoms with Gasteiger partial charge in [0.15, 0.2) is 16.7 Å². The van der Waals surface area contributed by atoms with E-state index < -0.39 is 0 Å². The molecule has 0 fully saturated rings. The van der Waals surface area contributed by atoms with Crippen LogP contribution >= 0.6 is 11.8 Å². The highest BCUT2D eigenvalue weighted by Crippen LogP contribution is 2.25. The number of thioether (sulfide) groups is 1. The van der Waals surface area contributed by atoms with Crippen LogP contribution in [0.15, 0.2) is 52.2 Å². The summed E-state index contributed by atoms with van der Waals surface area (Å²) < 4.78 is 26.0. The van der Waals surface area contributed by atoms with E-state index in [-0.39, 0.29) is 5.82 Å². The Morgan fingerprint density at radius 1 is 1.20 bits per heavy atom. The third kappa shape index (κ3) is 4.63. The number of nitrogens with zero attached hydrogens (tertiary/aromatic N) is 3. The van der Waals surface area contributed by atoms with E-state index in [0.29, 0.717) is 29.8 Å². The van der Waals surface area contributed by atoms with Crippen molar-refractivity contribution in [2.24, 2.45) is 5.92 Å². The van der Waals surface area contributed by atoms with Crippen molar-refractivity contribution in [1.82, 2.24) is 14.8 Å². The van der Waals surface area contributed by atoms with Crippen LogP contribution in [-0.4, -0.2) is 27.1 Å². The van der Waals surface area contributed by atoms with Gasteiger partial charge in [0.25, 0.3) is 0 Å². The number of benzene rings is 1. The summed E-state index contributed by atoms with van der Waals surface area (Å²) >= 11 is 1.58. The van der Waals surface area contributed by atoms with Crippen molar-refractivity contribution in [2.75, 3.05) is 12.4 Å². The molecule has 0 radical (unpaired) electrons. The second-order valence-corrected chi connectivity index (χ2v) is 7.00. The molecule has 0 aliphatic carbocycles. The first kappa shape index (κ1) is 17.5. The molecule has 1 aromatic carbocycles. The highest BCUT2D eigenvalue weighted by atomic mass is 32.2. The van der Waals surface area contributed by atoms with Gasteiger partial charge in [-0.25, -0.2) is 4.39 Å². The lowest BCUT2D eigenvalue weighted by atomic mass is 10.2. The first-order valence-corrected chi connectivity index (χ1v) is 9.10. The number of rotatable bonds is 8. The Hall–Kier alpha value is -2.28. The minimum atomic E-state index is -0.269. The summed E-state index contributed by atoms with van der Waals surface area (Å²) in [6.07, 6.45) is 1.63. The molecule has 7 heteroatoms. The number of hydrogen-bond acceptors (Lipinski definition) is 5. The first-order chi connectivity index (χ1) is 12.1. The largest absolute Gasteiger partial charge is 0.493 e. The monoisotopic (exact) mass is 361 g/mol. The molecule has 25 heavy (non-hydrogen) atoms. The summed E-state index contributed by atoms with van der Waals surface area (Å²) in [5.41, 5.74) is 0. The fourth-order valence-corrected chi connectivity index (χ4v) is 3.10. The van der Waals surface area contributed by atoms with Crippen molar-refractivity contribution < 1.29 is 13.5 Å². The highest BCUT2D eigenvalue weighted by Gasteiger charge is 2.17. The molecule has 3 rings (SSSR count). The Labute approximate surface area is 150 Å². The first-order valence-electron chi connectivity index (χ1n) is 8.11. The lowest BCUT2D eigenvalue weighted by Gasteiger charge is -2.11. The zero-order chi connectivity index (χ0) is 17.6. The molecule has 2 aromatic heterocycles. The number of hydrogen-bond donors (Lipinski definition) is 0. The van der Waals surface area contributed by atoms with Gasteiger partial charge in [-0.3, -0.25) is 4.57 Å². The van der Waals surface area contributed by atoms with Gasteiger partial charge in [0.05, 0.1) is 12.9 Å². The van der Waals surface area contributed by atoms with E-state index in [4.69, 9.17) is 9.15 Å². The summed E-state index contributed by atoms with van der Waals surface area (Å²) in [5, 5.41) is 9.40.